The second-order valence-electron chi connectivity index (χ2n) is 23.8. The molecule has 6 heteroatoms. The summed E-state index contributed by atoms with van der Waals surface area (Å²) in [5, 5.41) is 0. The Kier molecular flexibility index (Phi) is 67.7. The fourth-order valence-corrected chi connectivity index (χ4v) is 10.2. The van der Waals surface area contributed by atoms with Crippen LogP contribution in [0.25, 0.3) is 0 Å². The van der Waals surface area contributed by atoms with Crippen molar-refractivity contribution in [3.8, 4) is 0 Å². The molecule has 0 aromatic heterocycles. The largest absolute Gasteiger partial charge is 0.462 e. The molecule has 1 unspecified atom stereocenters. The third-order valence-corrected chi connectivity index (χ3v) is 15.5. The molecule has 0 aliphatic heterocycles. The van der Waals surface area contributed by atoms with Crippen LogP contribution in [0.15, 0.2) is 97.2 Å². The maximum atomic E-state index is 13.0. The van der Waals surface area contributed by atoms with E-state index in [-0.39, 0.29) is 31.1 Å². The van der Waals surface area contributed by atoms with E-state index in [1.54, 1.807) is 0 Å². The molecule has 0 rings (SSSR count). The molecule has 0 heterocycles. The van der Waals surface area contributed by atoms with Gasteiger partial charge in [-0.15, -0.1) is 0 Å². The van der Waals surface area contributed by atoms with Crippen LogP contribution in [0.2, 0.25) is 0 Å². The van der Waals surface area contributed by atoms with Gasteiger partial charge in [0.1, 0.15) is 13.2 Å². The first-order valence-electron chi connectivity index (χ1n) is 35.7. The molecule has 0 aliphatic rings. The van der Waals surface area contributed by atoms with Crippen molar-refractivity contribution >= 4 is 17.9 Å². The van der Waals surface area contributed by atoms with E-state index in [9.17, 15) is 14.4 Å². The Labute approximate surface area is 515 Å². The molecule has 478 valence electrons. The maximum absolute atomic E-state index is 13.0. The minimum Gasteiger partial charge on any atom is -0.462 e. The fraction of sp³-hybridized carbons (Fsp3) is 0.753. The van der Waals surface area contributed by atoms with Gasteiger partial charge in [0.2, 0.25) is 0 Å². The van der Waals surface area contributed by atoms with Gasteiger partial charge in [-0.3, -0.25) is 14.4 Å². The second-order valence-corrected chi connectivity index (χ2v) is 23.8. The van der Waals surface area contributed by atoms with Crippen LogP contribution in [0.5, 0.6) is 0 Å². The maximum Gasteiger partial charge on any atom is 0.306 e. The lowest BCUT2D eigenvalue weighted by Crippen LogP contribution is -2.30. The lowest BCUT2D eigenvalue weighted by atomic mass is 10.0. The highest BCUT2D eigenvalue weighted by atomic mass is 16.6. The first-order valence-corrected chi connectivity index (χ1v) is 35.7. The van der Waals surface area contributed by atoms with E-state index >= 15 is 0 Å². The molecule has 0 spiro atoms. The number of ether oxygens (including phenoxy) is 3. The summed E-state index contributed by atoms with van der Waals surface area (Å²) in [6.45, 7) is 6.54. The molecule has 0 saturated heterocycles. The van der Waals surface area contributed by atoms with Crippen LogP contribution in [0, 0.1) is 0 Å². The zero-order valence-corrected chi connectivity index (χ0v) is 54.9. The van der Waals surface area contributed by atoms with Gasteiger partial charge in [-0.05, 0) is 122 Å². The van der Waals surface area contributed by atoms with E-state index in [0.29, 0.717) is 19.3 Å². The smallest absolute Gasteiger partial charge is 0.306 e. The normalized spacial score (nSPS) is 12.7. The number of allylic oxidation sites excluding steroid dienone is 16. The van der Waals surface area contributed by atoms with Crippen LogP contribution >= 0.6 is 0 Å². The summed E-state index contributed by atoms with van der Waals surface area (Å²) in [7, 11) is 0. The number of carbonyl (C=O) groups is 3. The predicted octanol–water partition coefficient (Wildman–Crippen LogP) is 24.8. The molecule has 0 saturated carbocycles. The van der Waals surface area contributed by atoms with Crippen molar-refractivity contribution in [1.82, 2.24) is 0 Å². The monoisotopic (exact) mass is 1160 g/mol. The Morgan fingerprint density at radius 1 is 0.253 bits per heavy atom. The van der Waals surface area contributed by atoms with Crippen LogP contribution in [0.4, 0.5) is 0 Å². The van der Waals surface area contributed by atoms with Gasteiger partial charge >= 0.3 is 17.9 Å². The molecule has 0 N–H and O–H groups in total. The van der Waals surface area contributed by atoms with Crippen molar-refractivity contribution in [3.63, 3.8) is 0 Å². The van der Waals surface area contributed by atoms with Gasteiger partial charge in [-0.1, -0.05) is 311 Å². The highest BCUT2D eigenvalue weighted by molar-refractivity contribution is 5.71. The lowest BCUT2D eigenvalue weighted by Gasteiger charge is -2.18. The third-order valence-electron chi connectivity index (χ3n) is 15.5. The zero-order valence-electron chi connectivity index (χ0n) is 54.9. The van der Waals surface area contributed by atoms with Gasteiger partial charge in [0.05, 0.1) is 0 Å². The number of hydrogen-bond donors (Lipinski definition) is 0. The Morgan fingerprint density at radius 3 is 0.747 bits per heavy atom. The number of rotatable bonds is 65. The Balaban J connectivity index is 4.36. The average Bonchev–Trinajstić information content (AvgIpc) is 3.50. The minimum absolute atomic E-state index is 0.0859. The van der Waals surface area contributed by atoms with E-state index in [0.717, 1.165) is 109 Å². The molecule has 0 radical (unpaired) electrons. The average molecular weight is 1160 g/mol. The van der Waals surface area contributed by atoms with E-state index in [1.807, 2.05) is 0 Å². The van der Waals surface area contributed by atoms with Crippen molar-refractivity contribution < 1.29 is 28.6 Å². The van der Waals surface area contributed by atoms with Gasteiger partial charge in [0.25, 0.3) is 0 Å². The van der Waals surface area contributed by atoms with Crippen LogP contribution in [-0.2, 0) is 28.6 Å². The number of hydrogen-bond acceptors (Lipinski definition) is 6. The van der Waals surface area contributed by atoms with Gasteiger partial charge in [-0.2, -0.15) is 0 Å². The van der Waals surface area contributed by atoms with Crippen LogP contribution in [0.1, 0.15) is 355 Å². The van der Waals surface area contributed by atoms with Gasteiger partial charge < -0.3 is 14.2 Å². The zero-order chi connectivity index (χ0) is 59.9. The molecule has 0 amide bonds. The quantitative estimate of drug-likeness (QED) is 0.0261. The fourth-order valence-electron chi connectivity index (χ4n) is 10.2. The molecule has 83 heavy (non-hydrogen) atoms. The van der Waals surface area contributed by atoms with Gasteiger partial charge in [-0.25, -0.2) is 0 Å². The summed E-state index contributed by atoms with van der Waals surface area (Å²) >= 11 is 0. The Morgan fingerprint density at radius 2 is 0.470 bits per heavy atom. The molecule has 0 aliphatic carbocycles. The van der Waals surface area contributed by atoms with E-state index in [4.69, 9.17) is 14.2 Å². The topological polar surface area (TPSA) is 78.9 Å². The van der Waals surface area contributed by atoms with Crippen molar-refractivity contribution in [2.45, 2.75) is 361 Å². The Bertz CT molecular complexity index is 1610. The van der Waals surface area contributed by atoms with Crippen molar-refractivity contribution in [2.75, 3.05) is 13.2 Å². The summed E-state index contributed by atoms with van der Waals surface area (Å²) < 4.78 is 17.0. The van der Waals surface area contributed by atoms with Crippen LogP contribution in [0.3, 0.4) is 0 Å². The summed E-state index contributed by atoms with van der Waals surface area (Å²) in [4.78, 5) is 38.5. The highest BCUT2D eigenvalue weighted by Gasteiger charge is 2.19. The molecule has 1 atom stereocenters. The standard InChI is InChI=1S/C77H134O6/c1-4-7-10-13-16-19-22-25-28-31-33-35-36-37-38-39-40-42-43-46-49-52-55-58-61-64-67-70-76(79)82-73-74(72-81-75(78)69-66-63-60-57-54-51-48-45-30-27-24-21-18-15-12-9-6-3)83-77(80)71-68-65-62-59-56-53-50-47-44-41-34-32-29-26-23-20-17-14-11-8-5-2/h9,12,18,21-22,25,27,30-34,36-37,48,51,74H,4-8,10-11,13-17,19-20,23-24,26,28-29,35,38-47,49-50,52-73H2,1-3H3/b12-9-,21-18-,25-22-,30-27-,33-31-,34-32-,37-36-,51-48-. The molecular weight excluding hydrogens is 1020 g/mol. The van der Waals surface area contributed by atoms with E-state index in [2.05, 4.69) is 118 Å². The summed E-state index contributed by atoms with van der Waals surface area (Å²) in [5.74, 6) is -0.898. The van der Waals surface area contributed by atoms with Crippen LogP contribution in [-0.4, -0.2) is 37.2 Å². The van der Waals surface area contributed by atoms with Gasteiger partial charge in [0, 0.05) is 19.3 Å². The van der Waals surface area contributed by atoms with E-state index < -0.39 is 6.10 Å². The number of carbonyl (C=O) groups excluding carboxylic acids is 3. The van der Waals surface area contributed by atoms with Crippen molar-refractivity contribution in [1.29, 1.82) is 0 Å². The first-order chi connectivity index (χ1) is 41.0. The number of esters is 3. The van der Waals surface area contributed by atoms with Crippen molar-refractivity contribution in [2.24, 2.45) is 0 Å². The predicted molar refractivity (Wildman–Crippen MR) is 362 cm³/mol. The lowest BCUT2D eigenvalue weighted by molar-refractivity contribution is -0.167. The summed E-state index contributed by atoms with van der Waals surface area (Å²) in [5.41, 5.74) is 0. The van der Waals surface area contributed by atoms with E-state index in [1.165, 1.54) is 205 Å². The summed E-state index contributed by atoms with van der Waals surface area (Å²) in [6.07, 6.45) is 95.7. The van der Waals surface area contributed by atoms with Crippen molar-refractivity contribution in [3.05, 3.63) is 97.2 Å². The Hall–Kier alpha value is -3.67. The van der Waals surface area contributed by atoms with Crippen LogP contribution < -0.4 is 0 Å². The second kappa shape index (κ2) is 70.8. The summed E-state index contributed by atoms with van der Waals surface area (Å²) in [6, 6.07) is 0. The number of unbranched alkanes of at least 4 members (excludes halogenated alkanes) is 38. The molecule has 0 aromatic rings. The molecule has 0 bridgehead atoms. The molecule has 0 aromatic carbocycles. The molecule has 0 fully saturated rings. The minimum atomic E-state index is -0.793. The SMILES string of the molecule is CC/C=C\C/C=C\C/C=C\C/C=C\CCCCCCC(=O)OCC(COC(=O)CCCCCCCCCCCCCC/C=C\C/C=C\C/C=C\CCCCCCC)OC(=O)CCCCCCCCCCC/C=C\CCCCCCCCCC. The third kappa shape index (κ3) is 69.0. The first kappa shape index (κ1) is 79.3. The molecule has 6 nitrogen and oxygen atoms in total. The van der Waals surface area contributed by atoms with Gasteiger partial charge in [0.15, 0.2) is 6.10 Å². The molecular formula is C77H134O6. The highest BCUT2D eigenvalue weighted by Crippen LogP contribution is 2.17.